The number of nitrogens with one attached hydrogen (secondary N) is 1. The monoisotopic (exact) mass is 457 g/mol. The van der Waals surface area contributed by atoms with Gasteiger partial charge in [-0.2, -0.15) is 12.7 Å². The fraction of sp³-hybridized carbons (Fsp3) is 0.636. The van der Waals surface area contributed by atoms with Crippen LogP contribution in [0.1, 0.15) is 44.9 Å². The number of likely N-dealkylation sites (N-methyl/N-ethyl adjacent to an activating group) is 1. The van der Waals surface area contributed by atoms with Gasteiger partial charge in [0.15, 0.2) is 0 Å². The molecule has 0 bridgehead atoms. The van der Waals surface area contributed by atoms with E-state index in [1.165, 1.54) is 10.7 Å². The minimum absolute atomic E-state index is 0.00459. The Morgan fingerprint density at radius 2 is 1.80 bits per heavy atom. The van der Waals surface area contributed by atoms with Crippen molar-refractivity contribution < 1.29 is 13.2 Å². The van der Waals surface area contributed by atoms with Crippen LogP contribution in [0.2, 0.25) is 5.02 Å². The lowest BCUT2D eigenvalue weighted by molar-refractivity contribution is 0.0156. The van der Waals surface area contributed by atoms with Crippen LogP contribution in [0.5, 0.6) is 0 Å². The summed E-state index contributed by atoms with van der Waals surface area (Å²) in [7, 11) is 0.164. The normalized spacial score (nSPS) is 19.9. The molecular formula is C22H36ClN3O3S. The van der Waals surface area contributed by atoms with Crippen LogP contribution >= 0.6 is 11.6 Å². The zero-order valence-corrected chi connectivity index (χ0v) is 19.8. The quantitative estimate of drug-likeness (QED) is 0.349. The molecule has 6 nitrogen and oxygen atoms in total. The minimum Gasteiger partial charge on any atom is -0.378 e. The Morgan fingerprint density at radius 1 is 1.13 bits per heavy atom. The highest BCUT2D eigenvalue weighted by atomic mass is 35.5. The first-order valence-corrected chi connectivity index (χ1v) is 12.6. The van der Waals surface area contributed by atoms with Gasteiger partial charge in [0, 0.05) is 37.0 Å². The predicted octanol–water partition coefficient (Wildman–Crippen LogP) is 4.54. The summed E-state index contributed by atoms with van der Waals surface area (Å²) in [6, 6.07) is 6.66. The highest BCUT2D eigenvalue weighted by Crippen LogP contribution is 2.27. The van der Waals surface area contributed by atoms with Crippen molar-refractivity contribution in [2.45, 2.75) is 57.1 Å². The summed E-state index contributed by atoms with van der Waals surface area (Å²) in [5, 5.41) is 0.574. The number of unbranched alkanes of at least 4 members (excludes halogenated alkanes) is 2. The molecule has 0 unspecified atom stereocenters. The third-order valence-electron chi connectivity index (χ3n) is 5.61. The Morgan fingerprint density at radius 3 is 2.43 bits per heavy atom. The van der Waals surface area contributed by atoms with Gasteiger partial charge in [0.25, 0.3) is 0 Å². The van der Waals surface area contributed by atoms with E-state index in [0.717, 1.165) is 58.2 Å². The fourth-order valence-corrected chi connectivity index (χ4v) is 5.04. The largest absolute Gasteiger partial charge is 0.378 e. The van der Waals surface area contributed by atoms with E-state index in [1.807, 2.05) is 6.08 Å². The van der Waals surface area contributed by atoms with E-state index >= 15 is 0 Å². The molecule has 0 aromatic heterocycles. The molecule has 1 saturated carbocycles. The summed E-state index contributed by atoms with van der Waals surface area (Å²) in [4.78, 5) is 2.27. The van der Waals surface area contributed by atoms with Crippen molar-refractivity contribution in [3.8, 4) is 0 Å². The van der Waals surface area contributed by atoms with Crippen molar-refractivity contribution in [2.75, 3.05) is 38.5 Å². The van der Waals surface area contributed by atoms with Gasteiger partial charge in [0.1, 0.15) is 0 Å². The number of hydrogen-bond donors (Lipinski definition) is 1. The number of anilines is 1. The number of rotatable bonds is 13. The van der Waals surface area contributed by atoms with E-state index < -0.39 is 10.2 Å². The molecule has 0 atom stereocenters. The van der Waals surface area contributed by atoms with E-state index in [2.05, 4.69) is 23.2 Å². The number of hydrogen-bond acceptors (Lipinski definition) is 4. The lowest BCUT2D eigenvalue weighted by atomic mass is 9.93. The van der Waals surface area contributed by atoms with Crippen LogP contribution < -0.4 is 4.72 Å². The highest BCUT2D eigenvalue weighted by molar-refractivity contribution is 7.90. The second-order valence-electron chi connectivity index (χ2n) is 8.04. The van der Waals surface area contributed by atoms with Gasteiger partial charge in [-0.15, -0.1) is 6.58 Å². The summed E-state index contributed by atoms with van der Waals surface area (Å²) >= 11 is 5.86. The number of ether oxygens (including phenoxy) is 1. The van der Waals surface area contributed by atoms with Crippen LogP contribution in [-0.2, 0) is 14.9 Å². The summed E-state index contributed by atoms with van der Waals surface area (Å²) in [5.41, 5.74) is 0.513. The number of benzene rings is 1. The van der Waals surface area contributed by atoms with E-state index in [0.29, 0.717) is 10.7 Å². The lowest BCUT2D eigenvalue weighted by Crippen LogP contribution is -2.43. The molecule has 0 aliphatic heterocycles. The Balaban J connectivity index is 1.65. The van der Waals surface area contributed by atoms with Crippen molar-refractivity contribution in [3.05, 3.63) is 41.9 Å². The van der Waals surface area contributed by atoms with E-state index in [9.17, 15) is 8.42 Å². The second kappa shape index (κ2) is 12.7. The third kappa shape index (κ3) is 8.55. The molecule has 1 aromatic carbocycles. The number of nitrogens with zero attached hydrogens (tertiary/aromatic N) is 2. The van der Waals surface area contributed by atoms with E-state index in [4.69, 9.17) is 16.3 Å². The van der Waals surface area contributed by atoms with Gasteiger partial charge < -0.3 is 9.64 Å². The molecule has 0 radical (unpaired) electrons. The molecule has 0 amide bonds. The maximum absolute atomic E-state index is 12.7. The molecule has 0 heterocycles. The molecule has 1 fully saturated rings. The topological polar surface area (TPSA) is 61.9 Å². The average molecular weight is 458 g/mol. The van der Waals surface area contributed by atoms with Gasteiger partial charge in [-0.25, -0.2) is 0 Å². The van der Waals surface area contributed by atoms with E-state index in [1.54, 1.807) is 31.3 Å². The predicted molar refractivity (Wildman–Crippen MR) is 125 cm³/mol. The van der Waals surface area contributed by atoms with Crippen molar-refractivity contribution in [1.29, 1.82) is 0 Å². The molecule has 8 heteroatoms. The molecular weight excluding hydrogens is 422 g/mol. The summed E-state index contributed by atoms with van der Waals surface area (Å²) in [6.07, 6.45) is 8.99. The van der Waals surface area contributed by atoms with Crippen LogP contribution in [0.4, 0.5) is 5.69 Å². The average Bonchev–Trinajstić information content (AvgIpc) is 2.72. The van der Waals surface area contributed by atoms with Crippen molar-refractivity contribution in [3.63, 3.8) is 0 Å². The summed E-state index contributed by atoms with van der Waals surface area (Å²) < 4.78 is 35.4. The van der Waals surface area contributed by atoms with Gasteiger partial charge >= 0.3 is 10.2 Å². The maximum Gasteiger partial charge on any atom is 0.301 e. The van der Waals surface area contributed by atoms with Gasteiger partial charge in [0.2, 0.25) is 0 Å². The molecule has 170 valence electrons. The molecule has 1 aliphatic rings. The minimum atomic E-state index is -3.59. The third-order valence-corrected chi connectivity index (χ3v) is 7.41. The van der Waals surface area contributed by atoms with Crippen LogP contribution in [0.25, 0.3) is 0 Å². The van der Waals surface area contributed by atoms with Gasteiger partial charge in [-0.3, -0.25) is 4.72 Å². The highest BCUT2D eigenvalue weighted by Gasteiger charge is 2.30. The molecule has 1 aromatic rings. The van der Waals surface area contributed by atoms with Gasteiger partial charge in [0.05, 0.1) is 6.10 Å². The van der Waals surface area contributed by atoms with E-state index in [-0.39, 0.29) is 12.1 Å². The van der Waals surface area contributed by atoms with Crippen molar-refractivity contribution in [2.24, 2.45) is 0 Å². The first-order chi connectivity index (χ1) is 14.3. The Labute approximate surface area is 187 Å². The standard InChI is InChI=1S/C22H36ClN3O3S/c1-4-16-25(2)17-6-5-7-18-29-22-14-12-21(13-15-22)26(3)30(27,28)24-20-10-8-19(23)9-11-20/h4,8-11,21-22,24H,1,5-7,12-18H2,2-3H3/t21-,22-. The summed E-state index contributed by atoms with van der Waals surface area (Å²) in [6.45, 7) is 6.55. The lowest BCUT2D eigenvalue weighted by Gasteiger charge is -2.34. The van der Waals surface area contributed by atoms with Gasteiger partial charge in [-0.05, 0) is 82.8 Å². The Kier molecular flexibility index (Phi) is 10.6. The van der Waals surface area contributed by atoms with Crippen LogP contribution in [0.3, 0.4) is 0 Å². The maximum atomic E-state index is 12.7. The molecule has 0 spiro atoms. The molecule has 0 saturated heterocycles. The van der Waals surface area contributed by atoms with Crippen LogP contribution in [0.15, 0.2) is 36.9 Å². The molecule has 30 heavy (non-hydrogen) atoms. The molecule has 1 aliphatic carbocycles. The Hall–Kier alpha value is -1.12. The fourth-order valence-electron chi connectivity index (χ4n) is 3.73. The van der Waals surface area contributed by atoms with Crippen LogP contribution in [0, 0.1) is 0 Å². The first-order valence-electron chi connectivity index (χ1n) is 10.7. The molecule has 1 N–H and O–H groups in total. The smallest absolute Gasteiger partial charge is 0.301 e. The Bertz CT molecular complexity index is 734. The van der Waals surface area contributed by atoms with Gasteiger partial charge in [-0.1, -0.05) is 17.7 Å². The van der Waals surface area contributed by atoms with Crippen LogP contribution in [-0.4, -0.2) is 63.6 Å². The zero-order chi connectivity index (χ0) is 22.0. The molecule has 2 rings (SSSR count). The SMILES string of the molecule is C=CCN(C)CCCCCO[C@H]1CC[C@H](N(C)S(=O)(=O)Nc2ccc(Cl)cc2)CC1. The summed E-state index contributed by atoms with van der Waals surface area (Å²) in [5.74, 6) is 0. The zero-order valence-electron chi connectivity index (χ0n) is 18.2. The first kappa shape index (κ1) is 25.1. The van der Waals surface area contributed by atoms with Crippen molar-refractivity contribution >= 4 is 27.5 Å². The second-order valence-corrected chi connectivity index (χ2v) is 10.2. The number of halogens is 1. The van der Waals surface area contributed by atoms with Crippen molar-refractivity contribution in [1.82, 2.24) is 9.21 Å².